The summed E-state index contributed by atoms with van der Waals surface area (Å²) in [6.45, 7) is 5.49. The number of carbonyl (C=O) groups is 1. The van der Waals surface area contributed by atoms with E-state index < -0.39 is 5.54 Å². The first-order valence-corrected chi connectivity index (χ1v) is 4.28. The molecule has 0 heterocycles. The van der Waals surface area contributed by atoms with Gasteiger partial charge in [-0.15, -0.1) is 0 Å². The van der Waals surface area contributed by atoms with Crippen molar-refractivity contribution in [2.45, 2.75) is 32.4 Å². The van der Waals surface area contributed by atoms with Crippen molar-refractivity contribution in [3.05, 3.63) is 0 Å². The van der Waals surface area contributed by atoms with Gasteiger partial charge in [-0.25, -0.2) is 0 Å². The summed E-state index contributed by atoms with van der Waals surface area (Å²) in [7, 11) is 3.15. The van der Waals surface area contributed by atoms with Crippen molar-refractivity contribution in [3.63, 3.8) is 0 Å². The van der Waals surface area contributed by atoms with E-state index >= 15 is 0 Å². The van der Waals surface area contributed by atoms with Gasteiger partial charge < -0.3 is 9.84 Å². The maximum atomic E-state index is 11.2. The quantitative estimate of drug-likeness (QED) is 0.644. The molecule has 0 radical (unpaired) electrons. The molecule has 0 bridgehead atoms. The molecule has 0 aromatic carbocycles. The highest BCUT2D eigenvalue weighted by molar-refractivity contribution is 5.75. The van der Waals surface area contributed by atoms with Crippen LogP contribution in [0.2, 0.25) is 0 Å². The van der Waals surface area contributed by atoms with Gasteiger partial charge in [-0.1, -0.05) is 0 Å². The Morgan fingerprint density at radius 1 is 1.62 bits per heavy atom. The van der Waals surface area contributed by atoms with Crippen LogP contribution in [0, 0.1) is 0 Å². The second-order valence-corrected chi connectivity index (χ2v) is 3.78. The van der Waals surface area contributed by atoms with Crippen LogP contribution in [-0.4, -0.2) is 48.3 Å². The monoisotopic (exact) mass is 189 g/mol. The maximum absolute atomic E-state index is 11.2. The summed E-state index contributed by atoms with van der Waals surface area (Å²) in [6.07, 6.45) is 0. The second kappa shape index (κ2) is 4.58. The minimum atomic E-state index is -0.409. The standard InChI is InChI=1S/C9H19NO3/c1-7(8(12)13-5)10(4)9(2,3)6-11/h7,11H,6H2,1-5H3. The van der Waals surface area contributed by atoms with E-state index in [0.29, 0.717) is 0 Å². The minimum Gasteiger partial charge on any atom is -0.468 e. The zero-order valence-corrected chi connectivity index (χ0v) is 9.00. The van der Waals surface area contributed by atoms with Crippen LogP contribution in [0.25, 0.3) is 0 Å². The van der Waals surface area contributed by atoms with E-state index in [1.807, 2.05) is 13.8 Å². The van der Waals surface area contributed by atoms with Gasteiger partial charge in [0, 0.05) is 5.54 Å². The average molecular weight is 189 g/mol. The number of aliphatic hydroxyl groups is 1. The van der Waals surface area contributed by atoms with Crippen molar-refractivity contribution >= 4 is 5.97 Å². The smallest absolute Gasteiger partial charge is 0.322 e. The van der Waals surface area contributed by atoms with E-state index in [0.717, 1.165) is 0 Å². The molecule has 0 saturated heterocycles. The first-order chi connectivity index (χ1) is 5.86. The molecule has 78 valence electrons. The number of carbonyl (C=O) groups excluding carboxylic acids is 1. The van der Waals surface area contributed by atoms with Crippen molar-refractivity contribution in [1.29, 1.82) is 0 Å². The van der Waals surface area contributed by atoms with Crippen LogP contribution < -0.4 is 0 Å². The Balaban J connectivity index is 4.41. The summed E-state index contributed by atoms with van der Waals surface area (Å²) in [6, 6.07) is -0.341. The van der Waals surface area contributed by atoms with Gasteiger partial charge in [0.15, 0.2) is 0 Å². The highest BCUT2D eigenvalue weighted by Gasteiger charge is 2.30. The first-order valence-electron chi connectivity index (χ1n) is 4.28. The SMILES string of the molecule is COC(=O)C(C)N(C)C(C)(C)CO. The number of rotatable bonds is 4. The molecular formula is C9H19NO3. The predicted molar refractivity (Wildman–Crippen MR) is 50.4 cm³/mol. The second-order valence-electron chi connectivity index (χ2n) is 3.78. The number of hydrogen-bond donors (Lipinski definition) is 1. The first kappa shape index (κ1) is 12.4. The zero-order chi connectivity index (χ0) is 10.6. The number of ether oxygens (including phenoxy) is 1. The van der Waals surface area contributed by atoms with Crippen LogP contribution in [0.5, 0.6) is 0 Å². The number of hydrogen-bond acceptors (Lipinski definition) is 4. The molecule has 1 N–H and O–H groups in total. The summed E-state index contributed by atoms with van der Waals surface area (Å²) < 4.78 is 4.61. The van der Waals surface area contributed by atoms with E-state index in [9.17, 15) is 4.79 Å². The Hall–Kier alpha value is -0.610. The molecule has 0 aliphatic heterocycles. The van der Waals surface area contributed by atoms with Gasteiger partial charge in [-0.05, 0) is 27.8 Å². The highest BCUT2D eigenvalue weighted by atomic mass is 16.5. The lowest BCUT2D eigenvalue weighted by Crippen LogP contribution is -2.51. The molecule has 0 aliphatic carbocycles. The molecule has 0 aromatic rings. The van der Waals surface area contributed by atoms with E-state index in [1.165, 1.54) is 7.11 Å². The van der Waals surface area contributed by atoms with Crippen molar-refractivity contribution in [3.8, 4) is 0 Å². The van der Waals surface area contributed by atoms with Gasteiger partial charge in [0.25, 0.3) is 0 Å². The van der Waals surface area contributed by atoms with E-state index in [2.05, 4.69) is 4.74 Å². The van der Waals surface area contributed by atoms with Gasteiger partial charge >= 0.3 is 5.97 Å². The Kier molecular flexibility index (Phi) is 4.36. The molecular weight excluding hydrogens is 170 g/mol. The summed E-state index contributed by atoms with van der Waals surface area (Å²) in [5, 5.41) is 9.07. The van der Waals surface area contributed by atoms with Crippen molar-refractivity contribution in [2.24, 2.45) is 0 Å². The fourth-order valence-electron chi connectivity index (χ4n) is 0.964. The van der Waals surface area contributed by atoms with Crippen LogP contribution >= 0.6 is 0 Å². The molecule has 13 heavy (non-hydrogen) atoms. The van der Waals surface area contributed by atoms with E-state index in [4.69, 9.17) is 5.11 Å². The number of aliphatic hydroxyl groups excluding tert-OH is 1. The van der Waals surface area contributed by atoms with Crippen LogP contribution in [-0.2, 0) is 9.53 Å². The number of nitrogens with zero attached hydrogens (tertiary/aromatic N) is 1. The molecule has 0 spiro atoms. The van der Waals surface area contributed by atoms with Crippen LogP contribution in [0.15, 0.2) is 0 Å². The largest absolute Gasteiger partial charge is 0.468 e. The van der Waals surface area contributed by atoms with Crippen molar-refractivity contribution < 1.29 is 14.6 Å². The zero-order valence-electron chi connectivity index (χ0n) is 9.00. The topological polar surface area (TPSA) is 49.8 Å². The van der Waals surface area contributed by atoms with Crippen molar-refractivity contribution in [2.75, 3.05) is 20.8 Å². The number of methoxy groups -OCH3 is 1. The van der Waals surface area contributed by atoms with Crippen molar-refractivity contribution in [1.82, 2.24) is 4.90 Å². The van der Waals surface area contributed by atoms with E-state index in [-0.39, 0.29) is 18.6 Å². The van der Waals surface area contributed by atoms with Gasteiger partial charge in [-0.3, -0.25) is 9.69 Å². The van der Waals surface area contributed by atoms with Gasteiger partial charge in [0.2, 0.25) is 0 Å². The maximum Gasteiger partial charge on any atom is 0.322 e. The molecule has 0 amide bonds. The molecule has 0 rings (SSSR count). The molecule has 1 unspecified atom stereocenters. The summed E-state index contributed by atoms with van der Waals surface area (Å²) in [5.74, 6) is -0.288. The highest BCUT2D eigenvalue weighted by Crippen LogP contribution is 2.14. The van der Waals surface area contributed by atoms with Gasteiger partial charge in [0.1, 0.15) is 6.04 Å². The number of esters is 1. The van der Waals surface area contributed by atoms with Crippen LogP contribution in [0.3, 0.4) is 0 Å². The Morgan fingerprint density at radius 2 is 2.08 bits per heavy atom. The summed E-state index contributed by atoms with van der Waals surface area (Å²) >= 11 is 0. The molecule has 1 atom stereocenters. The Bertz CT molecular complexity index is 180. The molecule has 4 nitrogen and oxygen atoms in total. The fraction of sp³-hybridized carbons (Fsp3) is 0.889. The Morgan fingerprint density at radius 3 is 2.38 bits per heavy atom. The third-order valence-electron chi connectivity index (χ3n) is 2.46. The normalized spacial score (nSPS) is 14.4. The molecule has 4 heteroatoms. The lowest BCUT2D eigenvalue weighted by atomic mass is 10.0. The molecule has 0 aromatic heterocycles. The molecule has 0 fully saturated rings. The lowest BCUT2D eigenvalue weighted by molar-refractivity contribution is -0.148. The van der Waals surface area contributed by atoms with Crippen LogP contribution in [0.1, 0.15) is 20.8 Å². The van der Waals surface area contributed by atoms with Gasteiger partial charge in [-0.2, -0.15) is 0 Å². The summed E-state index contributed by atoms with van der Waals surface area (Å²) in [4.78, 5) is 13.0. The van der Waals surface area contributed by atoms with Crippen LogP contribution in [0.4, 0.5) is 0 Å². The fourth-order valence-corrected chi connectivity index (χ4v) is 0.964. The summed E-state index contributed by atoms with van der Waals surface area (Å²) in [5.41, 5.74) is -0.409. The predicted octanol–water partition coefficient (Wildman–Crippen LogP) is 0.251. The average Bonchev–Trinajstić information content (AvgIpc) is 2.14. The Labute approximate surface area is 79.5 Å². The molecule has 0 saturated carbocycles. The van der Waals surface area contributed by atoms with E-state index in [1.54, 1.807) is 18.9 Å². The van der Waals surface area contributed by atoms with Gasteiger partial charge in [0.05, 0.1) is 13.7 Å². The third kappa shape index (κ3) is 2.97. The minimum absolute atomic E-state index is 0.00480. The molecule has 0 aliphatic rings. The lowest BCUT2D eigenvalue weighted by Gasteiger charge is -2.36. The number of likely N-dealkylation sites (N-methyl/N-ethyl adjacent to an activating group) is 1. The third-order valence-corrected chi connectivity index (χ3v) is 2.46.